The summed E-state index contributed by atoms with van der Waals surface area (Å²) >= 11 is 0. The zero-order valence-corrected chi connectivity index (χ0v) is 16.9. The van der Waals surface area contributed by atoms with E-state index in [9.17, 15) is 17.6 Å². The minimum atomic E-state index is -4.77. The van der Waals surface area contributed by atoms with Gasteiger partial charge in [0.2, 0.25) is 0 Å². The Morgan fingerprint density at radius 2 is 1.71 bits per heavy atom. The van der Waals surface area contributed by atoms with Gasteiger partial charge in [-0.3, -0.25) is 0 Å². The molecule has 0 heterocycles. The first-order chi connectivity index (χ1) is 14.7. The molecular formula is C25H21F5O. The predicted molar refractivity (Wildman–Crippen MR) is 109 cm³/mol. The lowest BCUT2D eigenvalue weighted by atomic mass is 9.78. The number of hydrogen-bond donors (Lipinski definition) is 0. The van der Waals surface area contributed by atoms with E-state index in [1.54, 1.807) is 12.1 Å². The zero-order valence-electron chi connectivity index (χ0n) is 16.9. The average molecular weight is 432 g/mol. The maximum atomic E-state index is 15.2. The molecule has 1 aliphatic carbocycles. The molecular weight excluding hydrogens is 411 g/mol. The van der Waals surface area contributed by atoms with Crippen LogP contribution in [-0.2, 0) is 19.3 Å². The number of alkyl halides is 3. The van der Waals surface area contributed by atoms with Crippen LogP contribution in [0.25, 0.3) is 11.1 Å². The summed E-state index contributed by atoms with van der Waals surface area (Å²) in [5, 5.41) is 0. The van der Waals surface area contributed by atoms with E-state index in [0.29, 0.717) is 41.5 Å². The highest BCUT2D eigenvalue weighted by Crippen LogP contribution is 2.38. The van der Waals surface area contributed by atoms with Gasteiger partial charge in [0.25, 0.3) is 0 Å². The Bertz CT molecular complexity index is 1090. The van der Waals surface area contributed by atoms with Gasteiger partial charge >= 0.3 is 6.36 Å². The number of aryl methyl sites for hydroxylation is 1. The first-order valence-corrected chi connectivity index (χ1v) is 10.2. The lowest BCUT2D eigenvalue weighted by Crippen LogP contribution is -2.17. The van der Waals surface area contributed by atoms with Crippen molar-refractivity contribution in [1.82, 2.24) is 0 Å². The number of hydrogen-bond acceptors (Lipinski definition) is 1. The van der Waals surface area contributed by atoms with Gasteiger partial charge in [-0.2, -0.15) is 0 Å². The van der Waals surface area contributed by atoms with Gasteiger partial charge in [0, 0.05) is 5.56 Å². The number of halogens is 5. The molecule has 4 rings (SSSR count). The van der Waals surface area contributed by atoms with E-state index < -0.39 is 6.36 Å². The van der Waals surface area contributed by atoms with Crippen LogP contribution in [0.1, 0.15) is 41.5 Å². The first-order valence-electron chi connectivity index (χ1n) is 10.2. The normalized spacial score (nSPS) is 16.1. The number of benzene rings is 3. The van der Waals surface area contributed by atoms with Crippen LogP contribution in [0.3, 0.4) is 0 Å². The van der Waals surface area contributed by atoms with Gasteiger partial charge < -0.3 is 4.74 Å². The molecule has 1 atom stereocenters. The Hall–Kier alpha value is -2.89. The second kappa shape index (κ2) is 8.33. The molecule has 31 heavy (non-hydrogen) atoms. The standard InChI is InChI=1S/C25H21F5O/c1-2-15-3-10-20(23(26)13-15)17-6-12-22-18(14-17)7-11-21(24(22)27)16-4-8-19(9-5-16)31-25(28,29)30/h3-5,7-11,13,17H,2,6,12,14H2,1H3. The Morgan fingerprint density at radius 1 is 0.968 bits per heavy atom. The molecule has 0 saturated heterocycles. The largest absolute Gasteiger partial charge is 0.573 e. The molecule has 1 nitrogen and oxygen atoms in total. The van der Waals surface area contributed by atoms with Crippen molar-refractivity contribution in [2.45, 2.75) is 44.9 Å². The molecule has 0 fully saturated rings. The van der Waals surface area contributed by atoms with E-state index >= 15 is 4.39 Å². The molecule has 0 aromatic heterocycles. The molecule has 162 valence electrons. The van der Waals surface area contributed by atoms with Gasteiger partial charge in [-0.15, -0.1) is 13.2 Å². The molecule has 0 saturated carbocycles. The van der Waals surface area contributed by atoms with Crippen molar-refractivity contribution < 1.29 is 26.7 Å². The van der Waals surface area contributed by atoms with Gasteiger partial charge in [-0.05, 0) is 77.6 Å². The molecule has 0 aliphatic heterocycles. The highest BCUT2D eigenvalue weighted by Gasteiger charge is 2.31. The summed E-state index contributed by atoms with van der Waals surface area (Å²) in [6.45, 7) is 1.97. The molecule has 0 spiro atoms. The van der Waals surface area contributed by atoms with E-state index in [0.717, 1.165) is 17.5 Å². The smallest absolute Gasteiger partial charge is 0.406 e. The lowest BCUT2D eigenvalue weighted by Gasteiger charge is -2.26. The van der Waals surface area contributed by atoms with E-state index in [4.69, 9.17) is 0 Å². The topological polar surface area (TPSA) is 9.23 Å². The van der Waals surface area contributed by atoms with Gasteiger partial charge in [-0.1, -0.05) is 43.3 Å². The molecule has 1 aliphatic rings. The van der Waals surface area contributed by atoms with Crippen LogP contribution in [0.4, 0.5) is 22.0 Å². The summed E-state index contributed by atoms with van der Waals surface area (Å²) in [7, 11) is 0. The van der Waals surface area contributed by atoms with Crippen LogP contribution in [0.15, 0.2) is 54.6 Å². The molecule has 0 amide bonds. The van der Waals surface area contributed by atoms with Crippen LogP contribution in [-0.4, -0.2) is 6.36 Å². The van der Waals surface area contributed by atoms with Gasteiger partial charge in [-0.25, -0.2) is 8.78 Å². The second-order valence-electron chi connectivity index (χ2n) is 7.79. The number of fused-ring (bicyclic) bond motifs is 1. The number of rotatable bonds is 4. The predicted octanol–water partition coefficient (Wildman–Crippen LogP) is 7.37. The molecule has 0 radical (unpaired) electrons. The zero-order chi connectivity index (χ0) is 22.2. The van der Waals surface area contributed by atoms with Crippen molar-refractivity contribution in [2.24, 2.45) is 0 Å². The van der Waals surface area contributed by atoms with Gasteiger partial charge in [0.05, 0.1) is 0 Å². The Labute approximate surface area is 177 Å². The summed E-state index contributed by atoms with van der Waals surface area (Å²) < 4.78 is 70.6. The fourth-order valence-corrected chi connectivity index (χ4v) is 4.26. The lowest BCUT2D eigenvalue weighted by molar-refractivity contribution is -0.274. The van der Waals surface area contributed by atoms with Crippen molar-refractivity contribution >= 4 is 0 Å². The first kappa shape index (κ1) is 21.3. The third kappa shape index (κ3) is 4.58. The number of ether oxygens (including phenoxy) is 1. The van der Waals surface area contributed by atoms with E-state index in [1.807, 2.05) is 25.1 Å². The Morgan fingerprint density at radius 3 is 2.35 bits per heavy atom. The average Bonchev–Trinajstić information content (AvgIpc) is 2.73. The maximum Gasteiger partial charge on any atom is 0.573 e. The van der Waals surface area contributed by atoms with Crippen LogP contribution in [0.2, 0.25) is 0 Å². The summed E-state index contributed by atoms with van der Waals surface area (Å²) in [4.78, 5) is 0. The van der Waals surface area contributed by atoms with Crippen LogP contribution < -0.4 is 4.74 Å². The molecule has 1 unspecified atom stereocenters. The quantitative estimate of drug-likeness (QED) is 0.391. The van der Waals surface area contributed by atoms with Crippen LogP contribution in [0, 0.1) is 11.6 Å². The SMILES string of the molecule is CCc1ccc(C2CCc3c(ccc(-c4ccc(OC(F)(F)F)cc4)c3F)C2)c(F)c1. The van der Waals surface area contributed by atoms with Gasteiger partial charge in [0.15, 0.2) is 0 Å². The third-order valence-electron chi connectivity index (χ3n) is 5.86. The van der Waals surface area contributed by atoms with E-state index in [2.05, 4.69) is 4.74 Å². The monoisotopic (exact) mass is 432 g/mol. The highest BCUT2D eigenvalue weighted by molar-refractivity contribution is 5.67. The van der Waals surface area contributed by atoms with Crippen molar-refractivity contribution in [3.8, 4) is 16.9 Å². The fourth-order valence-electron chi connectivity index (χ4n) is 4.26. The summed E-state index contributed by atoms with van der Waals surface area (Å²) in [6, 6.07) is 13.9. The van der Waals surface area contributed by atoms with Crippen LogP contribution in [0.5, 0.6) is 5.75 Å². The minimum absolute atomic E-state index is 0.0116. The minimum Gasteiger partial charge on any atom is -0.406 e. The third-order valence-corrected chi connectivity index (χ3v) is 5.86. The van der Waals surface area contributed by atoms with E-state index in [1.165, 1.54) is 24.3 Å². The molecule has 6 heteroatoms. The maximum absolute atomic E-state index is 15.2. The summed E-state index contributed by atoms with van der Waals surface area (Å²) in [6.07, 6.45) is -2.35. The van der Waals surface area contributed by atoms with Gasteiger partial charge in [0.1, 0.15) is 17.4 Å². The molecule has 3 aromatic carbocycles. The Balaban J connectivity index is 1.57. The highest BCUT2D eigenvalue weighted by atomic mass is 19.4. The molecule has 3 aromatic rings. The van der Waals surface area contributed by atoms with Crippen molar-refractivity contribution in [3.63, 3.8) is 0 Å². The van der Waals surface area contributed by atoms with Crippen molar-refractivity contribution in [3.05, 3.63) is 88.5 Å². The van der Waals surface area contributed by atoms with Crippen LogP contribution >= 0.6 is 0 Å². The summed E-state index contributed by atoms with van der Waals surface area (Å²) in [5.74, 6) is -0.954. The van der Waals surface area contributed by atoms with Crippen molar-refractivity contribution in [2.75, 3.05) is 0 Å². The Kier molecular flexibility index (Phi) is 5.73. The fraction of sp³-hybridized carbons (Fsp3) is 0.280. The second-order valence-corrected chi connectivity index (χ2v) is 7.79. The van der Waals surface area contributed by atoms with E-state index in [-0.39, 0.29) is 23.3 Å². The molecule has 0 bridgehead atoms. The van der Waals surface area contributed by atoms with Crippen molar-refractivity contribution in [1.29, 1.82) is 0 Å². The summed E-state index contributed by atoms with van der Waals surface area (Å²) in [5.41, 5.74) is 3.84. The molecule has 0 N–H and O–H groups in total.